The van der Waals surface area contributed by atoms with Crippen molar-refractivity contribution in [3.05, 3.63) is 0 Å². The van der Waals surface area contributed by atoms with Gasteiger partial charge in [0.25, 0.3) is 0 Å². The number of hydrogen-bond acceptors (Lipinski definition) is 0. The minimum Gasteiger partial charge on any atom is -1.00 e. The molecule has 1 saturated carbocycles. The van der Waals surface area contributed by atoms with E-state index in [4.69, 9.17) is 0 Å². The van der Waals surface area contributed by atoms with E-state index in [1.807, 2.05) is 0 Å². The summed E-state index contributed by atoms with van der Waals surface area (Å²) < 4.78 is 1.38. The number of quaternary nitrogens is 1. The minimum absolute atomic E-state index is 0. The normalized spacial score (nSPS) is 19.1. The third-order valence-electron chi connectivity index (χ3n) is 4.24. The Morgan fingerprint density at radius 1 is 0.857 bits per heavy atom. The third-order valence-corrected chi connectivity index (χ3v) is 4.24. The van der Waals surface area contributed by atoms with E-state index in [9.17, 15) is 0 Å². The van der Waals surface area contributed by atoms with Crippen molar-refractivity contribution < 1.29 is 21.5 Å². The molecule has 2 heteroatoms. The Bertz CT molecular complexity index is 129. The molecule has 0 radical (unpaired) electrons. The highest BCUT2D eigenvalue weighted by atomic mass is 79.9. The first-order chi connectivity index (χ1) is 6.29. The maximum Gasteiger partial charge on any atom is 0.0890 e. The third kappa shape index (κ3) is 2.96. The van der Waals surface area contributed by atoms with E-state index in [1.54, 1.807) is 0 Å². The van der Waals surface area contributed by atoms with Crippen molar-refractivity contribution >= 4 is 0 Å². The maximum absolute atomic E-state index is 2.36. The van der Waals surface area contributed by atoms with Gasteiger partial charge in [-0.15, -0.1) is 0 Å². The largest absolute Gasteiger partial charge is 1.00 e. The smallest absolute Gasteiger partial charge is 0.0890 e. The second-order valence-corrected chi connectivity index (χ2v) is 4.46. The molecular weight excluding hydrogens is 238 g/mol. The van der Waals surface area contributed by atoms with Crippen molar-refractivity contribution in [1.29, 1.82) is 0 Å². The molecule has 0 heterocycles. The van der Waals surface area contributed by atoms with Crippen molar-refractivity contribution in [3.8, 4) is 0 Å². The van der Waals surface area contributed by atoms with Crippen LogP contribution in [0.4, 0.5) is 0 Å². The van der Waals surface area contributed by atoms with Crippen LogP contribution in [0.25, 0.3) is 0 Å². The molecule has 0 saturated heterocycles. The molecule has 1 aliphatic carbocycles. The first-order valence-electron chi connectivity index (χ1n) is 6.14. The summed E-state index contributed by atoms with van der Waals surface area (Å²) in [7, 11) is 0. The first kappa shape index (κ1) is 14.4. The van der Waals surface area contributed by atoms with Crippen molar-refractivity contribution in [2.75, 3.05) is 19.6 Å². The van der Waals surface area contributed by atoms with Crippen molar-refractivity contribution in [3.63, 3.8) is 0 Å². The van der Waals surface area contributed by atoms with Gasteiger partial charge in [-0.2, -0.15) is 0 Å². The average molecular weight is 264 g/mol. The first-order valence-corrected chi connectivity index (χ1v) is 6.14. The van der Waals surface area contributed by atoms with Gasteiger partial charge in [-0.25, -0.2) is 0 Å². The van der Waals surface area contributed by atoms with E-state index in [0.29, 0.717) is 0 Å². The van der Waals surface area contributed by atoms with Gasteiger partial charge in [0.05, 0.1) is 25.7 Å². The monoisotopic (exact) mass is 263 g/mol. The lowest BCUT2D eigenvalue weighted by Gasteiger charge is -2.44. The van der Waals surface area contributed by atoms with Gasteiger partial charge in [0, 0.05) is 0 Å². The Hall–Kier alpha value is 0.440. The number of halogens is 1. The van der Waals surface area contributed by atoms with Gasteiger partial charge in [0.15, 0.2) is 0 Å². The Kier molecular flexibility index (Phi) is 7.05. The summed E-state index contributed by atoms with van der Waals surface area (Å²) in [4.78, 5) is 0. The highest BCUT2D eigenvalue weighted by Crippen LogP contribution is 2.27. The highest BCUT2D eigenvalue weighted by molar-refractivity contribution is 4.66. The molecule has 1 fully saturated rings. The van der Waals surface area contributed by atoms with Crippen LogP contribution in [-0.4, -0.2) is 30.2 Å². The van der Waals surface area contributed by atoms with E-state index in [1.165, 1.54) is 56.2 Å². The maximum atomic E-state index is 2.36. The van der Waals surface area contributed by atoms with Crippen LogP contribution in [0.1, 0.15) is 52.9 Å². The Balaban J connectivity index is 0.00000169. The molecule has 0 aromatic heterocycles. The topological polar surface area (TPSA) is 0 Å². The zero-order chi connectivity index (χ0) is 9.73. The predicted octanol–water partition coefficient (Wildman–Crippen LogP) is 0.200. The number of hydrogen-bond donors (Lipinski definition) is 0. The van der Waals surface area contributed by atoms with Gasteiger partial charge in [-0.3, -0.25) is 0 Å². The molecule has 14 heavy (non-hydrogen) atoms. The SMILES string of the molecule is CC[N+](CC)(CC)C1CCCCC1.[Br-]. The van der Waals surface area contributed by atoms with Crippen LogP contribution in [-0.2, 0) is 0 Å². The molecule has 1 aliphatic rings. The summed E-state index contributed by atoms with van der Waals surface area (Å²) in [6, 6.07) is 0.980. The fraction of sp³-hybridized carbons (Fsp3) is 1.00. The van der Waals surface area contributed by atoms with Crippen molar-refractivity contribution in [2.24, 2.45) is 0 Å². The van der Waals surface area contributed by atoms with Gasteiger partial charge >= 0.3 is 0 Å². The summed E-state index contributed by atoms with van der Waals surface area (Å²) in [6.45, 7) is 11.1. The van der Waals surface area contributed by atoms with Crippen LogP contribution in [0.3, 0.4) is 0 Å². The highest BCUT2D eigenvalue weighted by Gasteiger charge is 2.32. The minimum atomic E-state index is 0. The summed E-state index contributed by atoms with van der Waals surface area (Å²) in [6.07, 6.45) is 7.40. The number of rotatable bonds is 4. The summed E-state index contributed by atoms with van der Waals surface area (Å²) in [5.41, 5.74) is 0. The molecule has 0 atom stereocenters. The molecule has 0 aromatic carbocycles. The summed E-state index contributed by atoms with van der Waals surface area (Å²) in [5, 5.41) is 0. The fourth-order valence-corrected chi connectivity index (χ4v) is 3.07. The van der Waals surface area contributed by atoms with Gasteiger partial charge in [0.1, 0.15) is 0 Å². The fourth-order valence-electron chi connectivity index (χ4n) is 3.07. The lowest BCUT2D eigenvalue weighted by atomic mass is 9.92. The van der Waals surface area contributed by atoms with Gasteiger partial charge in [0.2, 0.25) is 0 Å². The Labute approximate surface area is 100 Å². The molecule has 0 spiro atoms. The lowest BCUT2D eigenvalue weighted by Crippen LogP contribution is -3.00. The quantitative estimate of drug-likeness (QED) is 0.636. The zero-order valence-electron chi connectivity index (χ0n) is 10.1. The van der Waals surface area contributed by atoms with Crippen LogP contribution in [0.5, 0.6) is 0 Å². The van der Waals surface area contributed by atoms with Gasteiger partial charge < -0.3 is 21.5 Å². The number of nitrogens with zero attached hydrogens (tertiary/aromatic N) is 1. The van der Waals surface area contributed by atoms with Crippen LogP contribution >= 0.6 is 0 Å². The summed E-state index contributed by atoms with van der Waals surface area (Å²) in [5.74, 6) is 0. The van der Waals surface area contributed by atoms with Crippen molar-refractivity contribution in [2.45, 2.75) is 58.9 Å². The molecule has 0 N–H and O–H groups in total. The van der Waals surface area contributed by atoms with E-state index < -0.39 is 0 Å². The average Bonchev–Trinajstić information content (AvgIpc) is 2.23. The van der Waals surface area contributed by atoms with Crippen LogP contribution in [0, 0.1) is 0 Å². The van der Waals surface area contributed by atoms with E-state index in [-0.39, 0.29) is 17.0 Å². The standard InChI is InChI=1S/C12H26N.BrH/c1-4-13(5-2,6-3)12-10-8-7-9-11-12;/h12H,4-11H2,1-3H3;1H/q+1;/p-1. The molecule has 0 amide bonds. The van der Waals surface area contributed by atoms with Crippen molar-refractivity contribution in [1.82, 2.24) is 0 Å². The van der Waals surface area contributed by atoms with Crippen LogP contribution in [0.2, 0.25) is 0 Å². The van der Waals surface area contributed by atoms with E-state index >= 15 is 0 Å². The molecule has 0 aliphatic heterocycles. The second-order valence-electron chi connectivity index (χ2n) is 4.46. The predicted molar refractivity (Wildman–Crippen MR) is 58.8 cm³/mol. The van der Waals surface area contributed by atoms with Crippen LogP contribution < -0.4 is 17.0 Å². The second kappa shape index (κ2) is 6.84. The Morgan fingerprint density at radius 3 is 1.64 bits per heavy atom. The molecule has 1 nitrogen and oxygen atoms in total. The van der Waals surface area contributed by atoms with E-state index in [2.05, 4.69) is 20.8 Å². The molecular formula is C12H26BrN. The zero-order valence-corrected chi connectivity index (χ0v) is 11.6. The molecule has 0 aromatic rings. The molecule has 86 valence electrons. The summed E-state index contributed by atoms with van der Waals surface area (Å²) >= 11 is 0. The molecule has 0 unspecified atom stereocenters. The van der Waals surface area contributed by atoms with Gasteiger partial charge in [-0.1, -0.05) is 6.42 Å². The molecule has 0 bridgehead atoms. The lowest BCUT2D eigenvalue weighted by molar-refractivity contribution is -0.947. The van der Waals surface area contributed by atoms with Gasteiger partial charge in [-0.05, 0) is 46.5 Å². The molecule has 1 rings (SSSR count). The van der Waals surface area contributed by atoms with E-state index in [0.717, 1.165) is 6.04 Å². The Morgan fingerprint density at radius 2 is 1.29 bits per heavy atom. The van der Waals surface area contributed by atoms with Crippen LogP contribution in [0.15, 0.2) is 0 Å².